The van der Waals surface area contributed by atoms with Crippen LogP contribution in [-0.4, -0.2) is 7.05 Å². The number of allylic oxidation sites excluding steroid dienone is 2. The van der Waals surface area contributed by atoms with Crippen LogP contribution in [0.1, 0.15) is 5.56 Å². The van der Waals surface area contributed by atoms with Crippen molar-refractivity contribution in [1.82, 2.24) is 0 Å². The Labute approximate surface area is 112 Å². The second-order valence-corrected chi connectivity index (χ2v) is 4.80. The Kier molecular flexibility index (Phi) is 4.62. The second-order valence-electron chi connectivity index (χ2n) is 3.42. The monoisotopic (exact) mass is 353 g/mol. The standard InChI is InChI=1S/C12H11F3IN/c1-9(16)7-8-17(2)11-5-3-10(4-6-11)12(13,14)15/h3-8H,1H2,2H3/b8-7-. The molecule has 92 valence electrons. The molecule has 0 amide bonds. The molecule has 1 aromatic rings. The minimum atomic E-state index is -4.29. The lowest BCUT2D eigenvalue weighted by Gasteiger charge is -2.15. The molecule has 0 aromatic heterocycles. The lowest BCUT2D eigenvalue weighted by atomic mass is 10.2. The van der Waals surface area contributed by atoms with Crippen molar-refractivity contribution in [1.29, 1.82) is 0 Å². The normalized spacial score (nSPS) is 11.8. The number of nitrogens with zero attached hydrogens (tertiary/aromatic N) is 1. The number of hydrogen-bond acceptors (Lipinski definition) is 1. The van der Waals surface area contributed by atoms with Crippen molar-refractivity contribution in [2.24, 2.45) is 0 Å². The molecule has 1 aromatic carbocycles. The third kappa shape index (κ3) is 4.41. The van der Waals surface area contributed by atoms with E-state index in [1.807, 2.05) is 0 Å². The summed E-state index contributed by atoms with van der Waals surface area (Å²) in [6, 6.07) is 5.00. The summed E-state index contributed by atoms with van der Waals surface area (Å²) >= 11 is 2.05. The van der Waals surface area contributed by atoms with Crippen LogP contribution >= 0.6 is 22.6 Å². The lowest BCUT2D eigenvalue weighted by molar-refractivity contribution is -0.137. The maximum absolute atomic E-state index is 12.3. The lowest BCUT2D eigenvalue weighted by Crippen LogP contribution is -2.09. The summed E-state index contributed by atoms with van der Waals surface area (Å²) in [7, 11) is 1.76. The van der Waals surface area contributed by atoms with Gasteiger partial charge in [-0.05, 0) is 52.9 Å². The summed E-state index contributed by atoms with van der Waals surface area (Å²) in [4.78, 5) is 1.73. The molecule has 0 N–H and O–H groups in total. The minimum absolute atomic E-state index is 0.642. The van der Waals surface area contributed by atoms with E-state index < -0.39 is 11.7 Å². The molecule has 0 spiro atoms. The Morgan fingerprint density at radius 2 is 1.82 bits per heavy atom. The summed E-state index contributed by atoms with van der Waals surface area (Å²) < 4.78 is 37.9. The summed E-state index contributed by atoms with van der Waals surface area (Å²) in [6.07, 6.45) is -0.765. The first-order valence-electron chi connectivity index (χ1n) is 4.73. The van der Waals surface area contributed by atoms with Gasteiger partial charge < -0.3 is 4.90 Å². The quantitative estimate of drug-likeness (QED) is 0.567. The van der Waals surface area contributed by atoms with E-state index in [0.29, 0.717) is 5.69 Å². The zero-order valence-electron chi connectivity index (χ0n) is 9.13. The van der Waals surface area contributed by atoms with Crippen LogP contribution < -0.4 is 4.90 Å². The van der Waals surface area contributed by atoms with Gasteiger partial charge in [0.25, 0.3) is 0 Å². The highest BCUT2D eigenvalue weighted by atomic mass is 127. The highest BCUT2D eigenvalue weighted by Gasteiger charge is 2.29. The van der Waals surface area contributed by atoms with Crippen LogP contribution in [-0.2, 0) is 6.18 Å². The number of alkyl halides is 3. The molecule has 17 heavy (non-hydrogen) atoms. The van der Waals surface area contributed by atoms with Crippen molar-refractivity contribution in [3.63, 3.8) is 0 Å². The Balaban J connectivity index is 2.84. The Morgan fingerprint density at radius 1 is 1.29 bits per heavy atom. The molecule has 0 heterocycles. The van der Waals surface area contributed by atoms with E-state index in [2.05, 4.69) is 29.2 Å². The Morgan fingerprint density at radius 3 is 2.24 bits per heavy atom. The highest BCUT2D eigenvalue weighted by Crippen LogP contribution is 2.30. The van der Waals surface area contributed by atoms with Gasteiger partial charge in [0.1, 0.15) is 0 Å². The molecule has 0 aliphatic heterocycles. The SMILES string of the molecule is C=C(I)/C=C\N(C)c1ccc(C(F)(F)F)cc1. The molecule has 0 unspecified atom stereocenters. The van der Waals surface area contributed by atoms with Gasteiger partial charge in [-0.15, -0.1) is 0 Å². The van der Waals surface area contributed by atoms with E-state index in [0.717, 1.165) is 15.7 Å². The van der Waals surface area contributed by atoms with Crippen molar-refractivity contribution < 1.29 is 13.2 Å². The zero-order valence-corrected chi connectivity index (χ0v) is 11.3. The fraction of sp³-hybridized carbons (Fsp3) is 0.167. The second kappa shape index (κ2) is 5.57. The topological polar surface area (TPSA) is 3.24 Å². The molecule has 0 aliphatic carbocycles. The number of rotatable bonds is 3. The van der Waals surface area contributed by atoms with Gasteiger partial charge in [0, 0.05) is 22.5 Å². The van der Waals surface area contributed by atoms with E-state index >= 15 is 0 Å². The first kappa shape index (κ1) is 14.1. The predicted molar refractivity (Wildman–Crippen MR) is 72.1 cm³/mol. The van der Waals surface area contributed by atoms with Gasteiger partial charge in [0.15, 0.2) is 0 Å². The van der Waals surface area contributed by atoms with Crippen molar-refractivity contribution in [2.75, 3.05) is 11.9 Å². The van der Waals surface area contributed by atoms with Gasteiger partial charge in [0.05, 0.1) is 5.56 Å². The molecule has 0 aliphatic rings. The van der Waals surface area contributed by atoms with Crippen LogP contribution in [0.15, 0.2) is 46.7 Å². The van der Waals surface area contributed by atoms with Crippen LogP contribution in [0.4, 0.5) is 18.9 Å². The predicted octanol–water partition coefficient (Wildman–Crippen LogP) is 4.60. The van der Waals surface area contributed by atoms with Crippen LogP contribution in [0, 0.1) is 0 Å². The maximum Gasteiger partial charge on any atom is 0.416 e. The van der Waals surface area contributed by atoms with E-state index in [1.165, 1.54) is 12.1 Å². The van der Waals surface area contributed by atoms with Crippen molar-refractivity contribution in [3.8, 4) is 0 Å². The zero-order chi connectivity index (χ0) is 13.1. The summed E-state index contributed by atoms with van der Waals surface area (Å²) in [6.45, 7) is 3.69. The number of hydrogen-bond donors (Lipinski definition) is 0. The molecule has 0 saturated carbocycles. The van der Waals surface area contributed by atoms with Gasteiger partial charge in [-0.1, -0.05) is 6.58 Å². The van der Waals surface area contributed by atoms with Crippen molar-refractivity contribution in [2.45, 2.75) is 6.18 Å². The average molecular weight is 353 g/mol. The number of halogens is 4. The average Bonchev–Trinajstić information content (AvgIpc) is 2.25. The van der Waals surface area contributed by atoms with E-state index in [9.17, 15) is 13.2 Å². The molecule has 0 radical (unpaired) electrons. The third-order valence-electron chi connectivity index (χ3n) is 2.08. The van der Waals surface area contributed by atoms with Gasteiger partial charge in [-0.3, -0.25) is 0 Å². The van der Waals surface area contributed by atoms with Gasteiger partial charge in [-0.25, -0.2) is 0 Å². The minimum Gasteiger partial charge on any atom is -0.351 e. The number of anilines is 1. The molecular formula is C12H11F3IN. The maximum atomic E-state index is 12.3. The summed E-state index contributed by atoms with van der Waals surface area (Å²) in [5, 5.41) is 0. The molecule has 0 saturated heterocycles. The van der Waals surface area contributed by atoms with Crippen molar-refractivity contribution >= 4 is 28.3 Å². The van der Waals surface area contributed by atoms with Crippen LogP contribution in [0.25, 0.3) is 0 Å². The first-order valence-corrected chi connectivity index (χ1v) is 5.81. The highest BCUT2D eigenvalue weighted by molar-refractivity contribution is 14.1. The third-order valence-corrected chi connectivity index (χ3v) is 2.44. The fourth-order valence-electron chi connectivity index (χ4n) is 1.16. The first-order chi connectivity index (χ1) is 7.80. The molecule has 0 atom stereocenters. The smallest absolute Gasteiger partial charge is 0.351 e. The van der Waals surface area contributed by atoms with Crippen molar-refractivity contribution in [3.05, 3.63) is 52.3 Å². The summed E-state index contributed by atoms with van der Waals surface area (Å²) in [5.74, 6) is 0. The van der Waals surface area contributed by atoms with Crippen LogP contribution in [0.2, 0.25) is 0 Å². The van der Waals surface area contributed by atoms with Crippen LogP contribution in [0.5, 0.6) is 0 Å². The van der Waals surface area contributed by atoms with E-state index in [4.69, 9.17) is 0 Å². The molecule has 1 rings (SSSR count). The molecule has 5 heteroatoms. The Bertz CT molecular complexity index is 420. The number of benzene rings is 1. The van der Waals surface area contributed by atoms with Gasteiger partial charge in [-0.2, -0.15) is 13.2 Å². The molecule has 1 nitrogen and oxygen atoms in total. The molecule has 0 bridgehead atoms. The summed E-state index contributed by atoms with van der Waals surface area (Å²) in [5.41, 5.74) is 0.0452. The van der Waals surface area contributed by atoms with Gasteiger partial charge >= 0.3 is 6.18 Å². The molecular weight excluding hydrogens is 342 g/mol. The van der Waals surface area contributed by atoms with E-state index in [1.54, 1.807) is 24.2 Å². The van der Waals surface area contributed by atoms with Gasteiger partial charge in [0.2, 0.25) is 0 Å². The molecule has 0 fully saturated rings. The Hall–Kier alpha value is -0.980. The van der Waals surface area contributed by atoms with E-state index in [-0.39, 0.29) is 0 Å². The largest absolute Gasteiger partial charge is 0.416 e. The fourth-order valence-corrected chi connectivity index (χ4v) is 1.33. The van der Waals surface area contributed by atoms with Crippen LogP contribution in [0.3, 0.4) is 0 Å².